The highest BCUT2D eigenvalue weighted by molar-refractivity contribution is 9.11. The van der Waals surface area contributed by atoms with Gasteiger partial charge in [0.1, 0.15) is 0 Å². The molecule has 0 aromatic heterocycles. The van der Waals surface area contributed by atoms with E-state index in [0.717, 1.165) is 25.5 Å². The maximum Gasteiger partial charge on any atom is 0.0634 e. The van der Waals surface area contributed by atoms with Gasteiger partial charge in [-0.05, 0) is 61.5 Å². The minimum atomic E-state index is 0.108. The average Bonchev–Trinajstić information content (AvgIpc) is 2.71. The third-order valence-corrected chi connectivity index (χ3v) is 5.29. The molecule has 5 heteroatoms. The molecule has 2 unspecified atom stereocenters. The van der Waals surface area contributed by atoms with Crippen LogP contribution in [-0.4, -0.2) is 0 Å². The minimum absolute atomic E-state index is 0.108. The van der Waals surface area contributed by atoms with Gasteiger partial charge in [0.15, 0.2) is 0 Å². The van der Waals surface area contributed by atoms with E-state index in [1.54, 1.807) is 0 Å². The van der Waals surface area contributed by atoms with Gasteiger partial charge in [-0.3, -0.25) is 0 Å². The molecule has 0 radical (unpaired) electrons. The number of hydrogen-bond acceptors (Lipinski definition) is 2. The minimum Gasteiger partial charge on any atom is -0.376 e. The number of nitrogens with two attached hydrogens (primary N) is 1. The first-order valence-corrected chi connectivity index (χ1v) is 8.69. The lowest BCUT2D eigenvalue weighted by Crippen LogP contribution is -2.10. The molecular weight excluding hydrogens is 448 g/mol. The molecule has 0 amide bonds. The van der Waals surface area contributed by atoms with Crippen molar-refractivity contribution in [1.29, 1.82) is 0 Å². The predicted octanol–water partition coefficient (Wildman–Crippen LogP) is 5.53. The van der Waals surface area contributed by atoms with Crippen LogP contribution in [0.2, 0.25) is 0 Å². The predicted molar refractivity (Wildman–Crippen MR) is 93.9 cm³/mol. The number of fused-ring (bicyclic) bond motifs is 1. The van der Waals surface area contributed by atoms with Crippen LogP contribution in [0, 0.1) is 0 Å². The highest BCUT2D eigenvalue weighted by atomic mass is 79.9. The summed E-state index contributed by atoms with van der Waals surface area (Å²) in [4.78, 5) is 0. The van der Waals surface area contributed by atoms with Gasteiger partial charge in [-0.25, -0.2) is 0 Å². The van der Waals surface area contributed by atoms with E-state index in [-0.39, 0.29) is 12.1 Å². The molecule has 3 N–H and O–H groups in total. The first-order chi connectivity index (χ1) is 9.56. The van der Waals surface area contributed by atoms with Gasteiger partial charge in [0.25, 0.3) is 0 Å². The Morgan fingerprint density at radius 3 is 2.25 bits per heavy atom. The van der Waals surface area contributed by atoms with Crippen molar-refractivity contribution < 1.29 is 0 Å². The molecule has 0 aliphatic heterocycles. The van der Waals surface area contributed by atoms with E-state index in [1.807, 2.05) is 18.2 Å². The second-order valence-electron chi connectivity index (χ2n) is 4.91. The first-order valence-electron chi connectivity index (χ1n) is 6.31. The van der Waals surface area contributed by atoms with E-state index in [9.17, 15) is 0 Å². The number of benzene rings is 2. The van der Waals surface area contributed by atoms with Crippen molar-refractivity contribution in [2.75, 3.05) is 5.32 Å². The van der Waals surface area contributed by atoms with Gasteiger partial charge in [-0.15, -0.1) is 0 Å². The summed E-state index contributed by atoms with van der Waals surface area (Å²) in [6, 6.07) is 12.8. The van der Waals surface area contributed by atoms with Crippen molar-refractivity contribution in [3.63, 3.8) is 0 Å². The van der Waals surface area contributed by atoms with Gasteiger partial charge >= 0.3 is 0 Å². The Labute approximate surface area is 143 Å². The number of hydrogen-bond donors (Lipinski definition) is 2. The molecule has 2 aromatic carbocycles. The molecule has 104 valence electrons. The Morgan fingerprint density at radius 1 is 1.00 bits per heavy atom. The smallest absolute Gasteiger partial charge is 0.0634 e. The van der Waals surface area contributed by atoms with Crippen LogP contribution >= 0.6 is 47.8 Å². The molecule has 0 saturated carbocycles. The summed E-state index contributed by atoms with van der Waals surface area (Å²) in [7, 11) is 0. The zero-order valence-electron chi connectivity index (χ0n) is 10.5. The second-order valence-corrected chi connectivity index (χ2v) is 7.54. The highest BCUT2D eigenvalue weighted by Gasteiger charge is 2.28. The van der Waals surface area contributed by atoms with Gasteiger partial charge in [0, 0.05) is 19.5 Å². The molecule has 2 aromatic rings. The Morgan fingerprint density at radius 2 is 1.60 bits per heavy atom. The van der Waals surface area contributed by atoms with Gasteiger partial charge in [-0.2, -0.15) is 0 Å². The zero-order chi connectivity index (χ0) is 14.3. The van der Waals surface area contributed by atoms with Crippen molar-refractivity contribution in [3.05, 3.63) is 60.9 Å². The molecule has 1 aliphatic rings. The molecule has 2 nitrogen and oxygen atoms in total. The van der Waals surface area contributed by atoms with E-state index in [0.29, 0.717) is 0 Å². The normalized spacial score (nSPS) is 20.8. The molecule has 0 saturated heterocycles. The maximum absolute atomic E-state index is 6.22. The fourth-order valence-corrected chi connectivity index (χ4v) is 5.15. The molecule has 0 fully saturated rings. The van der Waals surface area contributed by atoms with Crippen molar-refractivity contribution in [3.8, 4) is 0 Å². The van der Waals surface area contributed by atoms with Gasteiger partial charge < -0.3 is 11.1 Å². The van der Waals surface area contributed by atoms with Crippen LogP contribution in [0.5, 0.6) is 0 Å². The topological polar surface area (TPSA) is 38.0 Å². The van der Waals surface area contributed by atoms with Gasteiger partial charge in [0.05, 0.1) is 11.7 Å². The van der Waals surface area contributed by atoms with Crippen LogP contribution in [0.15, 0.2) is 49.8 Å². The summed E-state index contributed by atoms with van der Waals surface area (Å²) < 4.78 is 3.08. The van der Waals surface area contributed by atoms with Crippen LogP contribution in [-0.2, 0) is 0 Å². The number of rotatable bonds is 2. The summed E-state index contributed by atoms with van der Waals surface area (Å²) >= 11 is 10.7. The van der Waals surface area contributed by atoms with E-state index in [4.69, 9.17) is 5.73 Å². The SMILES string of the molecule is NC1CC(Nc2c(Br)cc(Br)cc2Br)c2ccccc21. The number of nitrogens with one attached hydrogen (secondary N) is 1. The van der Waals surface area contributed by atoms with Crippen molar-refractivity contribution in [2.45, 2.75) is 18.5 Å². The van der Waals surface area contributed by atoms with E-state index in [2.05, 4.69) is 71.3 Å². The van der Waals surface area contributed by atoms with Crippen LogP contribution in [0.4, 0.5) is 5.69 Å². The van der Waals surface area contributed by atoms with Crippen LogP contribution in [0.25, 0.3) is 0 Å². The fraction of sp³-hybridized carbons (Fsp3) is 0.200. The lowest BCUT2D eigenvalue weighted by atomic mass is 10.1. The van der Waals surface area contributed by atoms with E-state index in [1.165, 1.54) is 11.1 Å². The van der Waals surface area contributed by atoms with Gasteiger partial charge in [-0.1, -0.05) is 40.2 Å². The van der Waals surface area contributed by atoms with Gasteiger partial charge in [0.2, 0.25) is 0 Å². The fourth-order valence-electron chi connectivity index (χ4n) is 2.66. The van der Waals surface area contributed by atoms with Crippen molar-refractivity contribution in [1.82, 2.24) is 0 Å². The summed E-state index contributed by atoms with van der Waals surface area (Å²) in [6.07, 6.45) is 0.911. The lowest BCUT2D eigenvalue weighted by molar-refractivity contribution is 0.648. The summed E-state index contributed by atoms with van der Waals surface area (Å²) in [5.41, 5.74) is 9.82. The van der Waals surface area contributed by atoms with Crippen LogP contribution in [0.3, 0.4) is 0 Å². The molecule has 0 bridgehead atoms. The summed E-state index contributed by atoms with van der Waals surface area (Å²) in [5.74, 6) is 0. The molecular formula is C15H13Br3N2. The summed E-state index contributed by atoms with van der Waals surface area (Å²) in [5, 5.41) is 3.60. The van der Waals surface area contributed by atoms with Crippen molar-refractivity contribution in [2.24, 2.45) is 5.73 Å². The Bertz CT molecular complexity index is 634. The second kappa shape index (κ2) is 5.79. The van der Waals surface area contributed by atoms with Crippen molar-refractivity contribution >= 4 is 53.5 Å². The molecule has 3 rings (SSSR count). The number of anilines is 1. The standard InChI is InChI=1S/C15H13Br3N2/c16-8-5-11(17)15(12(18)6-8)20-14-7-13(19)9-3-1-2-4-10(9)14/h1-6,13-14,20H,7,19H2. The highest BCUT2D eigenvalue weighted by Crippen LogP contribution is 2.42. The Kier molecular flexibility index (Phi) is 4.22. The molecule has 2 atom stereocenters. The molecule has 20 heavy (non-hydrogen) atoms. The third-order valence-electron chi connectivity index (χ3n) is 3.59. The Balaban J connectivity index is 1.94. The monoisotopic (exact) mass is 458 g/mol. The number of halogens is 3. The molecule has 0 spiro atoms. The van der Waals surface area contributed by atoms with E-state index < -0.39 is 0 Å². The third kappa shape index (κ3) is 2.69. The largest absolute Gasteiger partial charge is 0.376 e. The van der Waals surface area contributed by atoms with Crippen LogP contribution in [0.1, 0.15) is 29.6 Å². The Hall–Kier alpha value is -0.360. The zero-order valence-corrected chi connectivity index (χ0v) is 15.3. The lowest BCUT2D eigenvalue weighted by Gasteiger charge is -2.18. The molecule has 1 aliphatic carbocycles. The molecule has 0 heterocycles. The average molecular weight is 461 g/mol. The van der Waals surface area contributed by atoms with Crippen LogP contribution < -0.4 is 11.1 Å². The first kappa shape index (κ1) is 14.6. The maximum atomic E-state index is 6.22. The quantitative estimate of drug-likeness (QED) is 0.618. The van der Waals surface area contributed by atoms with E-state index >= 15 is 0 Å². The summed E-state index contributed by atoms with van der Waals surface area (Å²) in [6.45, 7) is 0.